The van der Waals surface area contributed by atoms with Crippen LogP contribution in [-0.4, -0.2) is 16.9 Å². The summed E-state index contributed by atoms with van der Waals surface area (Å²) in [4.78, 5) is 14.3. The SMILES string of the molecule is CC(=O)N[C@H]1C[C@H](c2c(-c3ccc(F)cc3)[nH]c3c(F)cc(F)cc32)C1. The van der Waals surface area contributed by atoms with E-state index in [1.54, 1.807) is 12.1 Å². The summed E-state index contributed by atoms with van der Waals surface area (Å²) < 4.78 is 41.4. The van der Waals surface area contributed by atoms with Crippen LogP contribution in [0.2, 0.25) is 0 Å². The Bertz CT molecular complexity index is 988. The Labute approximate surface area is 148 Å². The average molecular weight is 358 g/mol. The van der Waals surface area contributed by atoms with Crippen molar-refractivity contribution in [2.45, 2.75) is 31.7 Å². The Morgan fingerprint density at radius 1 is 1.08 bits per heavy atom. The van der Waals surface area contributed by atoms with Crippen LogP contribution in [0.25, 0.3) is 22.2 Å². The van der Waals surface area contributed by atoms with Crippen molar-refractivity contribution in [1.82, 2.24) is 10.3 Å². The summed E-state index contributed by atoms with van der Waals surface area (Å²) in [5, 5.41) is 3.36. The largest absolute Gasteiger partial charge is 0.354 e. The zero-order chi connectivity index (χ0) is 18.4. The number of amides is 1. The van der Waals surface area contributed by atoms with Crippen LogP contribution in [0.1, 0.15) is 31.2 Å². The Hall–Kier alpha value is -2.76. The first-order valence-electron chi connectivity index (χ1n) is 8.46. The summed E-state index contributed by atoms with van der Waals surface area (Å²) in [6.45, 7) is 1.47. The quantitative estimate of drug-likeness (QED) is 0.704. The molecule has 0 atom stereocenters. The van der Waals surface area contributed by atoms with Crippen LogP contribution in [0.5, 0.6) is 0 Å². The first-order valence-corrected chi connectivity index (χ1v) is 8.46. The maximum Gasteiger partial charge on any atom is 0.217 e. The van der Waals surface area contributed by atoms with Crippen LogP contribution in [0.15, 0.2) is 36.4 Å². The minimum Gasteiger partial charge on any atom is -0.354 e. The number of fused-ring (bicyclic) bond motifs is 1. The molecule has 6 heteroatoms. The van der Waals surface area contributed by atoms with Crippen molar-refractivity contribution in [3.8, 4) is 11.3 Å². The topological polar surface area (TPSA) is 44.9 Å². The van der Waals surface area contributed by atoms with Crippen molar-refractivity contribution < 1.29 is 18.0 Å². The van der Waals surface area contributed by atoms with E-state index in [-0.39, 0.29) is 29.2 Å². The van der Waals surface area contributed by atoms with Crippen LogP contribution in [-0.2, 0) is 4.79 Å². The van der Waals surface area contributed by atoms with Gasteiger partial charge in [-0.05, 0) is 60.2 Å². The molecule has 1 amide bonds. The summed E-state index contributed by atoms with van der Waals surface area (Å²) in [5.74, 6) is -1.70. The highest BCUT2D eigenvalue weighted by Crippen LogP contribution is 2.45. The molecule has 1 aromatic heterocycles. The monoisotopic (exact) mass is 358 g/mol. The molecular formula is C20H17F3N2O. The standard InChI is InChI=1S/C20H17F3N2O/c1-10(26)24-15-6-12(7-15)18-16-8-14(22)9-17(23)20(16)25-19(18)11-2-4-13(21)5-3-11/h2-5,8-9,12,15,25H,6-7H2,1H3,(H,24,26)/t12-,15-. The van der Waals surface area contributed by atoms with E-state index in [0.29, 0.717) is 29.5 Å². The van der Waals surface area contributed by atoms with E-state index in [0.717, 1.165) is 11.6 Å². The van der Waals surface area contributed by atoms with Gasteiger partial charge in [-0.3, -0.25) is 4.79 Å². The van der Waals surface area contributed by atoms with E-state index < -0.39 is 11.6 Å². The lowest BCUT2D eigenvalue weighted by molar-refractivity contribution is -0.120. The molecule has 4 rings (SSSR count). The zero-order valence-corrected chi connectivity index (χ0v) is 14.1. The van der Waals surface area contributed by atoms with Gasteiger partial charge in [-0.1, -0.05) is 0 Å². The molecule has 2 aromatic carbocycles. The lowest BCUT2D eigenvalue weighted by Crippen LogP contribution is -2.42. The number of aromatic nitrogens is 1. The summed E-state index contributed by atoms with van der Waals surface area (Å²) in [6.07, 6.45) is 1.39. The molecule has 0 spiro atoms. The van der Waals surface area contributed by atoms with Crippen LogP contribution < -0.4 is 5.32 Å². The highest BCUT2D eigenvalue weighted by atomic mass is 19.1. The molecule has 0 aliphatic heterocycles. The molecule has 3 nitrogen and oxygen atoms in total. The molecule has 0 radical (unpaired) electrons. The molecule has 1 aliphatic carbocycles. The number of halogens is 3. The minimum atomic E-state index is -0.660. The van der Waals surface area contributed by atoms with Gasteiger partial charge >= 0.3 is 0 Å². The second-order valence-electron chi connectivity index (χ2n) is 6.80. The van der Waals surface area contributed by atoms with Crippen molar-refractivity contribution >= 4 is 16.8 Å². The molecule has 3 aromatic rings. The van der Waals surface area contributed by atoms with Gasteiger partial charge in [0.2, 0.25) is 5.91 Å². The average Bonchev–Trinajstić information content (AvgIpc) is 2.90. The van der Waals surface area contributed by atoms with Gasteiger partial charge in [-0.25, -0.2) is 13.2 Å². The smallest absolute Gasteiger partial charge is 0.217 e. The minimum absolute atomic E-state index is 0.0573. The molecule has 2 N–H and O–H groups in total. The van der Waals surface area contributed by atoms with Crippen LogP contribution in [0.4, 0.5) is 13.2 Å². The molecular weight excluding hydrogens is 341 g/mol. The van der Waals surface area contributed by atoms with E-state index >= 15 is 0 Å². The third-order valence-electron chi connectivity index (χ3n) is 4.95. The number of hydrogen-bond acceptors (Lipinski definition) is 1. The van der Waals surface area contributed by atoms with Gasteiger partial charge in [0.1, 0.15) is 17.5 Å². The molecule has 0 unspecified atom stereocenters. The summed E-state index contributed by atoms with van der Waals surface area (Å²) >= 11 is 0. The van der Waals surface area contributed by atoms with Crippen LogP contribution >= 0.6 is 0 Å². The maximum absolute atomic E-state index is 14.3. The third kappa shape index (κ3) is 2.85. The molecule has 0 saturated heterocycles. The van der Waals surface area contributed by atoms with E-state index in [9.17, 15) is 18.0 Å². The molecule has 1 aliphatic rings. The normalized spacial score (nSPS) is 19.4. The van der Waals surface area contributed by atoms with Gasteiger partial charge in [-0.15, -0.1) is 0 Å². The second-order valence-corrected chi connectivity index (χ2v) is 6.80. The van der Waals surface area contributed by atoms with E-state index in [1.165, 1.54) is 25.1 Å². The van der Waals surface area contributed by atoms with E-state index in [2.05, 4.69) is 10.3 Å². The molecule has 26 heavy (non-hydrogen) atoms. The molecule has 134 valence electrons. The predicted octanol–water partition coefficient (Wildman–Crippen LogP) is 4.63. The molecule has 1 saturated carbocycles. The first kappa shape index (κ1) is 16.7. The number of rotatable bonds is 3. The number of hydrogen-bond donors (Lipinski definition) is 2. The highest BCUT2D eigenvalue weighted by Gasteiger charge is 2.35. The van der Waals surface area contributed by atoms with Crippen molar-refractivity contribution in [3.05, 3.63) is 59.4 Å². The maximum atomic E-state index is 14.3. The Morgan fingerprint density at radius 3 is 2.42 bits per heavy atom. The van der Waals surface area contributed by atoms with Gasteiger partial charge in [0, 0.05) is 24.4 Å². The van der Waals surface area contributed by atoms with Crippen molar-refractivity contribution in [1.29, 1.82) is 0 Å². The highest BCUT2D eigenvalue weighted by molar-refractivity contribution is 5.92. The van der Waals surface area contributed by atoms with Crippen molar-refractivity contribution in [2.75, 3.05) is 0 Å². The second kappa shape index (κ2) is 6.20. The Balaban J connectivity index is 1.82. The number of aromatic amines is 1. The lowest BCUT2D eigenvalue weighted by Gasteiger charge is -2.36. The molecule has 1 heterocycles. The number of carbonyl (C=O) groups is 1. The fourth-order valence-corrected chi connectivity index (χ4v) is 3.77. The molecule has 1 fully saturated rings. The number of carbonyl (C=O) groups excluding carboxylic acids is 1. The van der Waals surface area contributed by atoms with Crippen LogP contribution in [0.3, 0.4) is 0 Å². The fourth-order valence-electron chi connectivity index (χ4n) is 3.77. The van der Waals surface area contributed by atoms with E-state index in [4.69, 9.17) is 0 Å². The third-order valence-corrected chi connectivity index (χ3v) is 4.95. The van der Waals surface area contributed by atoms with Gasteiger partial charge in [0.15, 0.2) is 0 Å². The Morgan fingerprint density at radius 2 is 1.77 bits per heavy atom. The molecule has 0 bridgehead atoms. The van der Waals surface area contributed by atoms with Gasteiger partial charge in [0.05, 0.1) is 11.2 Å². The summed E-state index contributed by atoms with van der Waals surface area (Å²) in [5.41, 5.74) is 2.42. The van der Waals surface area contributed by atoms with Crippen molar-refractivity contribution in [2.24, 2.45) is 0 Å². The number of nitrogens with one attached hydrogen (secondary N) is 2. The zero-order valence-electron chi connectivity index (χ0n) is 14.1. The predicted molar refractivity (Wildman–Crippen MR) is 93.2 cm³/mol. The number of benzene rings is 2. The van der Waals surface area contributed by atoms with E-state index in [1.807, 2.05) is 0 Å². The van der Waals surface area contributed by atoms with Crippen LogP contribution in [0, 0.1) is 17.5 Å². The lowest BCUT2D eigenvalue weighted by atomic mass is 9.74. The first-order chi connectivity index (χ1) is 12.4. The Kier molecular flexibility index (Phi) is 3.98. The fraction of sp³-hybridized carbons (Fsp3) is 0.250. The van der Waals surface area contributed by atoms with Gasteiger partial charge in [-0.2, -0.15) is 0 Å². The van der Waals surface area contributed by atoms with Crippen molar-refractivity contribution in [3.63, 3.8) is 0 Å². The summed E-state index contributed by atoms with van der Waals surface area (Å²) in [7, 11) is 0. The van der Waals surface area contributed by atoms with Gasteiger partial charge < -0.3 is 10.3 Å². The van der Waals surface area contributed by atoms with Gasteiger partial charge in [0.25, 0.3) is 0 Å². The summed E-state index contributed by atoms with van der Waals surface area (Å²) in [6, 6.07) is 8.12. The number of H-pyrrole nitrogens is 1.